The van der Waals surface area contributed by atoms with Crippen LogP contribution >= 0.6 is 0 Å². The molecule has 1 aliphatic rings. The number of hydrogen-bond donors (Lipinski definition) is 1. The molecular formula is C12H15F2N3O2. The van der Waals surface area contributed by atoms with Gasteiger partial charge in [-0.25, -0.2) is 18.7 Å². The summed E-state index contributed by atoms with van der Waals surface area (Å²) < 4.78 is 25.8. The summed E-state index contributed by atoms with van der Waals surface area (Å²) in [5, 5.41) is 9.09. The van der Waals surface area contributed by atoms with Gasteiger partial charge in [-0.05, 0) is 12.3 Å². The summed E-state index contributed by atoms with van der Waals surface area (Å²) >= 11 is 0. The molecule has 7 heteroatoms. The second-order valence-corrected chi connectivity index (χ2v) is 4.85. The average molecular weight is 271 g/mol. The number of halogens is 2. The minimum absolute atomic E-state index is 0.0929. The van der Waals surface area contributed by atoms with E-state index in [1.807, 2.05) is 6.92 Å². The highest BCUT2D eigenvalue weighted by atomic mass is 19.3. The van der Waals surface area contributed by atoms with Gasteiger partial charge in [0.05, 0.1) is 5.92 Å². The largest absolute Gasteiger partial charge is 0.481 e. The Bertz CT molecular complexity index is 470. The Kier molecular flexibility index (Phi) is 3.92. The molecule has 1 fully saturated rings. The molecule has 5 nitrogen and oxygen atoms in total. The third-order valence-electron chi connectivity index (χ3n) is 3.22. The summed E-state index contributed by atoms with van der Waals surface area (Å²) in [5.41, 5.74) is -0.388. The van der Waals surface area contributed by atoms with E-state index in [0.717, 1.165) is 0 Å². The van der Waals surface area contributed by atoms with Crippen molar-refractivity contribution in [1.29, 1.82) is 0 Å². The van der Waals surface area contributed by atoms with Gasteiger partial charge >= 0.3 is 5.97 Å². The molecule has 1 aromatic rings. The lowest BCUT2D eigenvalue weighted by atomic mass is 9.90. The van der Waals surface area contributed by atoms with Crippen LogP contribution in [0.1, 0.15) is 25.5 Å². The number of nitrogens with zero attached hydrogens (tertiary/aromatic N) is 3. The Balaban J connectivity index is 2.28. The molecule has 0 saturated carbocycles. The molecule has 2 heterocycles. The number of alkyl halides is 2. The number of hydrogen-bond acceptors (Lipinski definition) is 4. The zero-order valence-corrected chi connectivity index (χ0v) is 10.5. The predicted octanol–water partition coefficient (Wildman–Crippen LogP) is 1.96. The Morgan fingerprint density at radius 2 is 2.11 bits per heavy atom. The van der Waals surface area contributed by atoms with Crippen molar-refractivity contribution in [3.8, 4) is 0 Å². The molecule has 19 heavy (non-hydrogen) atoms. The number of anilines is 1. The fraction of sp³-hybridized carbons (Fsp3) is 0.583. The van der Waals surface area contributed by atoms with Crippen molar-refractivity contribution in [2.75, 3.05) is 18.0 Å². The second-order valence-electron chi connectivity index (χ2n) is 4.85. The molecule has 1 aliphatic heterocycles. The molecular weight excluding hydrogens is 256 g/mol. The van der Waals surface area contributed by atoms with E-state index in [0.29, 0.717) is 13.0 Å². The molecule has 1 N–H and O–H groups in total. The number of rotatable bonds is 3. The molecule has 0 aliphatic carbocycles. The van der Waals surface area contributed by atoms with E-state index < -0.39 is 18.3 Å². The standard InChI is InChI=1S/C12H15F2N3O2/c1-7-4-8(12(18)19)6-17(5-7)11-9(10(13)14)15-2-3-16-11/h2-3,7-8,10H,4-6H2,1H3,(H,18,19). The van der Waals surface area contributed by atoms with Crippen molar-refractivity contribution in [2.24, 2.45) is 11.8 Å². The normalized spacial score (nSPS) is 23.7. The quantitative estimate of drug-likeness (QED) is 0.910. The van der Waals surface area contributed by atoms with Crippen LogP contribution in [0.25, 0.3) is 0 Å². The fourth-order valence-electron chi connectivity index (χ4n) is 2.44. The highest BCUT2D eigenvalue weighted by molar-refractivity contribution is 5.71. The van der Waals surface area contributed by atoms with Crippen LogP contribution in [0.4, 0.5) is 14.6 Å². The lowest BCUT2D eigenvalue weighted by Gasteiger charge is -2.35. The molecule has 0 bridgehead atoms. The number of aliphatic carboxylic acids is 1. The van der Waals surface area contributed by atoms with Crippen LogP contribution in [0.5, 0.6) is 0 Å². The van der Waals surface area contributed by atoms with Crippen molar-refractivity contribution >= 4 is 11.8 Å². The minimum atomic E-state index is -2.72. The van der Waals surface area contributed by atoms with E-state index in [1.54, 1.807) is 4.90 Å². The summed E-state index contributed by atoms with van der Waals surface area (Å²) in [6.45, 7) is 2.61. The summed E-state index contributed by atoms with van der Waals surface area (Å²) in [7, 11) is 0. The minimum Gasteiger partial charge on any atom is -0.481 e. The number of carbonyl (C=O) groups is 1. The highest BCUT2D eigenvalue weighted by Crippen LogP contribution is 2.30. The van der Waals surface area contributed by atoms with E-state index in [1.165, 1.54) is 12.4 Å². The summed E-state index contributed by atoms with van der Waals surface area (Å²) in [6.07, 6.45) is 0.392. The maximum Gasteiger partial charge on any atom is 0.308 e. The Hall–Kier alpha value is -1.79. The van der Waals surface area contributed by atoms with Crippen molar-refractivity contribution in [3.63, 3.8) is 0 Å². The van der Waals surface area contributed by atoms with Crippen molar-refractivity contribution in [1.82, 2.24) is 9.97 Å². The first-order chi connectivity index (χ1) is 8.99. The van der Waals surface area contributed by atoms with Crippen LogP contribution in [-0.2, 0) is 4.79 Å². The molecule has 104 valence electrons. The van der Waals surface area contributed by atoms with E-state index in [4.69, 9.17) is 5.11 Å². The third-order valence-corrected chi connectivity index (χ3v) is 3.22. The molecule has 1 aromatic heterocycles. The smallest absolute Gasteiger partial charge is 0.308 e. The van der Waals surface area contributed by atoms with Gasteiger partial charge in [0.1, 0.15) is 5.69 Å². The molecule has 2 rings (SSSR count). The summed E-state index contributed by atoms with van der Waals surface area (Å²) in [4.78, 5) is 20.3. The van der Waals surface area contributed by atoms with Crippen LogP contribution in [0.2, 0.25) is 0 Å². The first kappa shape index (κ1) is 13.6. The predicted molar refractivity (Wildman–Crippen MR) is 64.1 cm³/mol. The molecule has 0 aromatic carbocycles. The third kappa shape index (κ3) is 2.97. The fourth-order valence-corrected chi connectivity index (χ4v) is 2.44. The molecule has 0 radical (unpaired) electrons. The maximum absolute atomic E-state index is 12.9. The summed E-state index contributed by atoms with van der Waals surface area (Å²) in [6, 6.07) is 0. The van der Waals surface area contributed by atoms with E-state index in [-0.39, 0.29) is 24.0 Å². The highest BCUT2D eigenvalue weighted by Gasteiger charge is 2.32. The van der Waals surface area contributed by atoms with Crippen LogP contribution < -0.4 is 4.90 Å². The molecule has 0 spiro atoms. The van der Waals surface area contributed by atoms with Gasteiger partial charge in [-0.2, -0.15) is 0 Å². The number of piperidine rings is 1. The first-order valence-electron chi connectivity index (χ1n) is 6.05. The van der Waals surface area contributed by atoms with Crippen molar-refractivity contribution in [2.45, 2.75) is 19.8 Å². The lowest BCUT2D eigenvalue weighted by molar-refractivity contribution is -0.142. The van der Waals surface area contributed by atoms with Gasteiger partial charge in [-0.1, -0.05) is 6.92 Å². The van der Waals surface area contributed by atoms with Gasteiger partial charge in [-0.3, -0.25) is 4.79 Å². The number of carboxylic acids is 1. The van der Waals surface area contributed by atoms with Gasteiger partial charge in [0, 0.05) is 25.5 Å². The van der Waals surface area contributed by atoms with Crippen LogP contribution in [0, 0.1) is 11.8 Å². The molecule has 1 saturated heterocycles. The van der Waals surface area contributed by atoms with Crippen molar-refractivity contribution < 1.29 is 18.7 Å². The average Bonchev–Trinajstić information content (AvgIpc) is 2.37. The molecule has 0 amide bonds. The molecule has 2 unspecified atom stereocenters. The second kappa shape index (κ2) is 5.46. The van der Waals surface area contributed by atoms with Gasteiger partial charge in [0.25, 0.3) is 6.43 Å². The van der Waals surface area contributed by atoms with Gasteiger partial charge in [0.15, 0.2) is 5.82 Å². The van der Waals surface area contributed by atoms with E-state index in [9.17, 15) is 13.6 Å². The van der Waals surface area contributed by atoms with Crippen LogP contribution in [0.3, 0.4) is 0 Å². The monoisotopic (exact) mass is 271 g/mol. The Morgan fingerprint density at radius 1 is 1.42 bits per heavy atom. The Morgan fingerprint density at radius 3 is 2.74 bits per heavy atom. The maximum atomic E-state index is 12.9. The SMILES string of the molecule is CC1CC(C(=O)O)CN(c2nccnc2C(F)F)C1. The van der Waals surface area contributed by atoms with Crippen LogP contribution in [0.15, 0.2) is 12.4 Å². The summed E-state index contributed by atoms with van der Waals surface area (Å²) in [5.74, 6) is -1.26. The zero-order chi connectivity index (χ0) is 14.0. The van der Waals surface area contributed by atoms with Gasteiger partial charge in [0.2, 0.25) is 0 Å². The van der Waals surface area contributed by atoms with E-state index >= 15 is 0 Å². The van der Waals surface area contributed by atoms with Crippen LogP contribution in [-0.4, -0.2) is 34.1 Å². The van der Waals surface area contributed by atoms with Gasteiger partial charge in [-0.15, -0.1) is 0 Å². The van der Waals surface area contributed by atoms with E-state index in [2.05, 4.69) is 9.97 Å². The van der Waals surface area contributed by atoms with Gasteiger partial charge < -0.3 is 10.0 Å². The zero-order valence-electron chi connectivity index (χ0n) is 10.5. The topological polar surface area (TPSA) is 66.3 Å². The number of aromatic nitrogens is 2. The van der Waals surface area contributed by atoms with Crippen molar-refractivity contribution in [3.05, 3.63) is 18.1 Å². The lowest BCUT2D eigenvalue weighted by Crippen LogP contribution is -2.43. The molecule has 2 atom stereocenters. The number of carboxylic acid groups (broad SMARTS) is 1. The first-order valence-corrected chi connectivity index (χ1v) is 6.05. The Labute approximate surface area is 109 Å².